The molecule has 0 aliphatic heterocycles. The zero-order chi connectivity index (χ0) is 21.8. The third-order valence-corrected chi connectivity index (χ3v) is 3.83. The van der Waals surface area contributed by atoms with Gasteiger partial charge < -0.3 is 21.9 Å². The number of halogens is 1. The van der Waals surface area contributed by atoms with Crippen LogP contribution in [0.2, 0.25) is 0 Å². The molecule has 9 heteroatoms. The number of nitrogens with two attached hydrogens (primary N) is 3. The Hall–Kier alpha value is -3.65. The van der Waals surface area contributed by atoms with E-state index in [1.807, 2.05) is 30.3 Å². The Morgan fingerprint density at radius 3 is 2.23 bits per heavy atom. The lowest BCUT2D eigenvalue weighted by Crippen LogP contribution is -2.06. The molecule has 31 heavy (non-hydrogen) atoms. The quantitative estimate of drug-likeness (QED) is 0.204. The molecule has 0 atom stereocenters. The largest absolute Gasteiger partial charge is 0.462 e. The van der Waals surface area contributed by atoms with Crippen LogP contribution in [-0.4, -0.2) is 17.6 Å². The summed E-state index contributed by atoms with van der Waals surface area (Å²) in [5.41, 5.74) is 19.1. The number of pyridine rings is 1. The van der Waals surface area contributed by atoms with Crippen molar-refractivity contribution < 1.29 is 9.53 Å². The highest BCUT2D eigenvalue weighted by Gasteiger charge is 2.05. The summed E-state index contributed by atoms with van der Waals surface area (Å²) >= 11 is 0. The number of rotatable bonds is 6. The van der Waals surface area contributed by atoms with Gasteiger partial charge in [0.1, 0.15) is 11.5 Å². The van der Waals surface area contributed by atoms with E-state index in [1.165, 1.54) is 0 Å². The molecule has 0 amide bonds. The van der Waals surface area contributed by atoms with E-state index < -0.39 is 0 Å². The van der Waals surface area contributed by atoms with Crippen molar-refractivity contribution in [3.8, 4) is 0 Å². The fraction of sp³-hybridized carbons (Fsp3) is 0.182. The highest BCUT2D eigenvalue weighted by atomic mass is 35.5. The number of nitrogens with zero attached hydrogens (tertiary/aromatic N) is 3. The number of esters is 1. The number of hydrogen-bond donors (Lipinski definition) is 3. The third-order valence-electron chi connectivity index (χ3n) is 3.83. The molecule has 0 bridgehead atoms. The second-order valence-electron chi connectivity index (χ2n) is 6.29. The van der Waals surface area contributed by atoms with Crippen LogP contribution in [0.15, 0.2) is 77.0 Å². The van der Waals surface area contributed by atoms with Gasteiger partial charge in [-0.3, -0.25) is 0 Å². The number of hydrogen-bond acceptors (Lipinski definition) is 8. The standard InChI is InChI=1S/C11H11N5.C11H15NO2.ClH/c12-10-7-6-9(11(13)14-10)16-15-8-4-2-1-3-5-8;1-2-3-8-14-11(13)9-4-6-10(12)7-5-9;/h1-7H,(H4,12,13,14);4-7H,2-3,8,12H2,1H3;1H. The minimum absolute atomic E-state index is 0. The van der Waals surface area contributed by atoms with Gasteiger partial charge in [0.2, 0.25) is 0 Å². The van der Waals surface area contributed by atoms with Gasteiger partial charge in [-0.05, 0) is 55.0 Å². The molecule has 3 rings (SSSR count). The Labute approximate surface area is 187 Å². The number of aromatic nitrogens is 1. The Bertz CT molecular complexity index is 965. The number of carbonyl (C=O) groups excluding carboxylic acids is 1. The first-order valence-corrected chi connectivity index (χ1v) is 9.51. The van der Waals surface area contributed by atoms with E-state index >= 15 is 0 Å². The van der Waals surface area contributed by atoms with Gasteiger partial charge in [0, 0.05) is 5.69 Å². The normalized spacial score (nSPS) is 9.97. The van der Waals surface area contributed by atoms with Gasteiger partial charge in [0.05, 0.1) is 17.9 Å². The molecule has 0 aliphatic carbocycles. The molecule has 164 valence electrons. The summed E-state index contributed by atoms with van der Waals surface area (Å²) in [6.07, 6.45) is 1.93. The minimum Gasteiger partial charge on any atom is -0.462 e. The molecule has 0 saturated heterocycles. The van der Waals surface area contributed by atoms with Crippen molar-refractivity contribution in [3.05, 3.63) is 72.3 Å². The first kappa shape index (κ1) is 25.4. The first-order valence-electron chi connectivity index (χ1n) is 9.51. The summed E-state index contributed by atoms with van der Waals surface area (Å²) in [4.78, 5) is 15.3. The van der Waals surface area contributed by atoms with Crippen molar-refractivity contribution in [3.63, 3.8) is 0 Å². The molecule has 0 saturated carbocycles. The lowest BCUT2D eigenvalue weighted by molar-refractivity contribution is 0.0500. The van der Waals surface area contributed by atoms with Crippen LogP contribution in [0.4, 0.5) is 28.7 Å². The van der Waals surface area contributed by atoms with Crippen LogP contribution in [0, 0.1) is 0 Å². The first-order chi connectivity index (χ1) is 14.5. The fourth-order valence-electron chi connectivity index (χ4n) is 2.19. The summed E-state index contributed by atoms with van der Waals surface area (Å²) < 4.78 is 5.03. The zero-order valence-corrected chi connectivity index (χ0v) is 18.1. The Kier molecular flexibility index (Phi) is 11.1. The van der Waals surface area contributed by atoms with Gasteiger partial charge in [-0.25, -0.2) is 9.78 Å². The Morgan fingerprint density at radius 2 is 1.61 bits per heavy atom. The molecule has 3 aromatic rings. The highest BCUT2D eigenvalue weighted by Crippen LogP contribution is 2.23. The second kappa shape index (κ2) is 13.6. The molecule has 0 aliphatic rings. The molecular weight excluding hydrogens is 416 g/mol. The number of anilines is 3. The smallest absolute Gasteiger partial charge is 0.338 e. The van der Waals surface area contributed by atoms with Crippen LogP contribution < -0.4 is 17.2 Å². The van der Waals surface area contributed by atoms with Crippen LogP contribution in [0.25, 0.3) is 0 Å². The fourth-order valence-corrected chi connectivity index (χ4v) is 2.19. The monoisotopic (exact) mass is 442 g/mol. The molecular formula is C22H27ClN6O2. The lowest BCUT2D eigenvalue weighted by Gasteiger charge is -2.03. The molecule has 2 aromatic carbocycles. The van der Waals surface area contributed by atoms with E-state index in [4.69, 9.17) is 21.9 Å². The molecule has 1 heterocycles. The maximum absolute atomic E-state index is 11.4. The molecule has 6 N–H and O–H groups in total. The van der Waals surface area contributed by atoms with Crippen molar-refractivity contribution in [2.45, 2.75) is 19.8 Å². The van der Waals surface area contributed by atoms with Gasteiger partial charge in [-0.1, -0.05) is 31.5 Å². The summed E-state index contributed by atoms with van der Waals surface area (Å²) in [5, 5.41) is 8.03. The number of benzene rings is 2. The number of carbonyl (C=O) groups is 1. The summed E-state index contributed by atoms with van der Waals surface area (Å²) in [5.74, 6) is 0.370. The van der Waals surface area contributed by atoms with Crippen LogP contribution in [0.5, 0.6) is 0 Å². The number of nitrogen functional groups attached to an aromatic ring is 3. The number of azo groups is 1. The van der Waals surface area contributed by atoms with E-state index in [0.717, 1.165) is 18.5 Å². The molecule has 0 fully saturated rings. The van der Waals surface area contributed by atoms with Crippen molar-refractivity contribution in [2.24, 2.45) is 10.2 Å². The van der Waals surface area contributed by atoms with Gasteiger partial charge in [-0.15, -0.1) is 17.5 Å². The second-order valence-corrected chi connectivity index (χ2v) is 6.29. The summed E-state index contributed by atoms with van der Waals surface area (Å²) in [6, 6.07) is 19.4. The lowest BCUT2D eigenvalue weighted by atomic mass is 10.2. The van der Waals surface area contributed by atoms with Gasteiger partial charge in [0.15, 0.2) is 5.82 Å². The van der Waals surface area contributed by atoms with Crippen molar-refractivity contribution in [1.29, 1.82) is 0 Å². The van der Waals surface area contributed by atoms with E-state index in [9.17, 15) is 4.79 Å². The maximum Gasteiger partial charge on any atom is 0.338 e. The summed E-state index contributed by atoms with van der Waals surface area (Å²) in [6.45, 7) is 2.54. The molecule has 8 nitrogen and oxygen atoms in total. The highest BCUT2D eigenvalue weighted by molar-refractivity contribution is 5.89. The van der Waals surface area contributed by atoms with Gasteiger partial charge in [-0.2, -0.15) is 5.11 Å². The van der Waals surface area contributed by atoms with E-state index in [-0.39, 0.29) is 24.2 Å². The molecule has 0 unspecified atom stereocenters. The van der Waals surface area contributed by atoms with E-state index in [1.54, 1.807) is 36.4 Å². The zero-order valence-electron chi connectivity index (χ0n) is 17.3. The van der Waals surface area contributed by atoms with Gasteiger partial charge >= 0.3 is 5.97 Å². The van der Waals surface area contributed by atoms with Crippen LogP contribution in [0.1, 0.15) is 30.1 Å². The topological polar surface area (TPSA) is 142 Å². The molecule has 0 radical (unpaired) electrons. The third kappa shape index (κ3) is 9.14. The average Bonchev–Trinajstić information content (AvgIpc) is 2.75. The van der Waals surface area contributed by atoms with Crippen LogP contribution in [0.3, 0.4) is 0 Å². The van der Waals surface area contributed by atoms with Gasteiger partial charge in [0.25, 0.3) is 0 Å². The van der Waals surface area contributed by atoms with Crippen molar-refractivity contribution >= 4 is 47.1 Å². The number of unbranched alkanes of at least 4 members (excludes halogenated alkanes) is 1. The average molecular weight is 443 g/mol. The van der Waals surface area contributed by atoms with Crippen LogP contribution in [-0.2, 0) is 4.74 Å². The molecule has 0 spiro atoms. The SMILES string of the molecule is CCCCOC(=O)c1ccc(N)cc1.Cl.Nc1ccc(N=Nc2ccccc2)c(N)n1. The predicted octanol–water partition coefficient (Wildman–Crippen LogP) is 5.31. The van der Waals surface area contributed by atoms with Crippen molar-refractivity contribution in [2.75, 3.05) is 23.8 Å². The molecule has 1 aromatic heterocycles. The van der Waals surface area contributed by atoms with Crippen molar-refractivity contribution in [1.82, 2.24) is 4.98 Å². The summed E-state index contributed by atoms with van der Waals surface area (Å²) in [7, 11) is 0. The maximum atomic E-state index is 11.4. The predicted molar refractivity (Wildman–Crippen MR) is 127 cm³/mol. The Balaban J connectivity index is 0.000000303. The number of ether oxygens (including phenoxy) is 1. The minimum atomic E-state index is -0.279. The van der Waals surface area contributed by atoms with Crippen LogP contribution >= 0.6 is 12.4 Å². The van der Waals surface area contributed by atoms with E-state index in [0.29, 0.717) is 29.4 Å². The Morgan fingerprint density at radius 1 is 0.935 bits per heavy atom. The van der Waals surface area contributed by atoms with E-state index in [2.05, 4.69) is 22.1 Å².